The van der Waals surface area contributed by atoms with E-state index in [-0.39, 0.29) is 12.2 Å². The van der Waals surface area contributed by atoms with Crippen LogP contribution in [0.1, 0.15) is 105 Å². The minimum Gasteiger partial charge on any atom is -0.310 e. The highest BCUT2D eigenvalue weighted by atomic mass is 16.1. The summed E-state index contributed by atoms with van der Waals surface area (Å²) in [6.45, 7) is 8.22. The Balaban J connectivity index is 0.000000148. The van der Waals surface area contributed by atoms with Crippen molar-refractivity contribution in [1.29, 1.82) is 15.8 Å². The molecule has 2 aliphatic carbocycles. The van der Waals surface area contributed by atoms with Crippen molar-refractivity contribution in [2.24, 2.45) is 0 Å². The number of benzene rings is 13. The van der Waals surface area contributed by atoms with Gasteiger partial charge in [-0.3, -0.25) is 9.59 Å². The van der Waals surface area contributed by atoms with E-state index in [2.05, 4.69) is 254 Å². The maximum Gasteiger partial charge on any atom is 0.176 e. The molecule has 8 heteroatoms. The summed E-state index contributed by atoms with van der Waals surface area (Å²) in [4.78, 5) is 32.6. The number of carbonyl (C=O) groups excluding carboxylic acids is 2. The Morgan fingerprint density at radius 1 is 0.369 bits per heavy atom. The molecule has 103 heavy (non-hydrogen) atoms. The minimum atomic E-state index is -0.497. The predicted octanol–water partition coefficient (Wildman–Crippen LogP) is 22.6. The summed E-state index contributed by atoms with van der Waals surface area (Å²) in [5.41, 5.74) is 31.4. The van der Waals surface area contributed by atoms with E-state index in [0.29, 0.717) is 33.6 Å². The molecule has 8 nitrogen and oxygen atoms in total. The lowest BCUT2D eigenvalue weighted by molar-refractivity contribution is 0.0997. The minimum absolute atomic E-state index is 0.0377. The lowest BCUT2D eigenvalue weighted by Gasteiger charge is -2.45. The summed E-state index contributed by atoms with van der Waals surface area (Å²) in [5.74, 6) is -0.117. The van der Waals surface area contributed by atoms with Gasteiger partial charge in [-0.1, -0.05) is 261 Å². The van der Waals surface area contributed by atoms with Gasteiger partial charge in [0.05, 0.1) is 68.6 Å². The van der Waals surface area contributed by atoms with Gasteiger partial charge in [0.25, 0.3) is 0 Å². The Labute approximate surface area is 600 Å². The quantitative estimate of drug-likeness (QED) is 0.109. The van der Waals surface area contributed by atoms with Crippen LogP contribution in [-0.2, 0) is 10.8 Å². The lowest BCUT2D eigenvalue weighted by Crippen LogP contribution is -2.36. The van der Waals surface area contributed by atoms with Crippen molar-refractivity contribution in [2.45, 2.75) is 44.9 Å². The third kappa shape index (κ3) is 10.1. The smallest absolute Gasteiger partial charge is 0.176 e. The molecule has 3 heterocycles. The number of nitriles is 3. The molecule has 0 atom stereocenters. The molecule has 488 valence electrons. The van der Waals surface area contributed by atoms with Crippen LogP contribution in [0.5, 0.6) is 0 Å². The highest BCUT2D eigenvalue weighted by Gasteiger charge is 2.53. The molecular formula is C95H66N6O2. The second-order valence-electron chi connectivity index (χ2n) is 26.5. The number of carbonyl (C=O) groups is 2. The number of fused-ring (bicyclic) bond motifs is 18. The Morgan fingerprint density at radius 2 is 0.660 bits per heavy atom. The summed E-state index contributed by atoms with van der Waals surface area (Å²) in [5, 5.41) is 30.0. The Hall–Kier alpha value is -13.6. The molecule has 0 saturated heterocycles. The molecule has 0 unspecified atom stereocenters. The van der Waals surface area contributed by atoms with Gasteiger partial charge in [0.15, 0.2) is 12.1 Å². The molecule has 4 aliphatic rings. The van der Waals surface area contributed by atoms with E-state index in [1.54, 1.807) is 24.3 Å². The van der Waals surface area contributed by atoms with Gasteiger partial charge < -0.3 is 9.80 Å². The first-order valence-electron chi connectivity index (χ1n) is 34.6. The van der Waals surface area contributed by atoms with Crippen LogP contribution < -0.4 is 9.80 Å². The lowest BCUT2D eigenvalue weighted by atomic mass is 9.64. The first-order chi connectivity index (χ1) is 50.6. The zero-order valence-electron chi connectivity index (χ0n) is 57.2. The number of pyridine rings is 1. The number of ketones is 1. The molecule has 0 fully saturated rings. The molecule has 2 spiro atoms. The van der Waals surface area contributed by atoms with E-state index in [0.717, 1.165) is 73.5 Å². The number of aldehydes is 1. The van der Waals surface area contributed by atoms with Gasteiger partial charge in [0.1, 0.15) is 12.1 Å². The standard InChI is InChI=1S/C52H34N4.C34H25NO.C9H7NO/c1-33-29-37(30-34(2)48(33)49-40(31-53)50(35-17-5-3-6-18-35)55-51(41(49)32-54)36-19-7-4-8-20-36)56-46-27-15-13-25-44(46)52(45-26-14-16-28-47(45)56)42-23-11-9-21-38(42)39-22-10-12-24-43(39)52;1-22-19-24(20-23(2)27(22)21-36)35-32-17-9-7-15-30(32)34(31-16-8-10-18-33(31)35)28-13-5-3-11-25(28)26-12-4-6-14-29(26)34;10-7-6-9(11)8-4-2-1-3-5-8/h3-30H,1-2H3;3-21H,1-2H3;1-5H,6H2. The predicted molar refractivity (Wildman–Crippen MR) is 413 cm³/mol. The van der Waals surface area contributed by atoms with Crippen LogP contribution in [0.15, 0.2) is 309 Å². The number of hydrogen-bond acceptors (Lipinski definition) is 8. The van der Waals surface area contributed by atoms with Crippen molar-refractivity contribution >= 4 is 46.2 Å². The van der Waals surface area contributed by atoms with Crippen LogP contribution in [0.3, 0.4) is 0 Å². The fraction of sp³-hybridized carbons (Fsp3) is 0.0737. The zero-order valence-corrected chi connectivity index (χ0v) is 57.2. The van der Waals surface area contributed by atoms with E-state index in [1.807, 2.05) is 86.6 Å². The van der Waals surface area contributed by atoms with E-state index >= 15 is 0 Å². The summed E-state index contributed by atoms with van der Waals surface area (Å²) < 4.78 is 0. The largest absolute Gasteiger partial charge is 0.310 e. The number of nitrogens with zero attached hydrogens (tertiary/aromatic N) is 6. The summed E-state index contributed by atoms with van der Waals surface area (Å²) in [6, 6.07) is 114. The van der Waals surface area contributed by atoms with Crippen LogP contribution in [0, 0.1) is 61.7 Å². The number of anilines is 6. The van der Waals surface area contributed by atoms with Crippen molar-refractivity contribution in [2.75, 3.05) is 9.80 Å². The van der Waals surface area contributed by atoms with Gasteiger partial charge in [0.2, 0.25) is 0 Å². The molecule has 0 amide bonds. The topological polar surface area (TPSA) is 125 Å². The van der Waals surface area contributed by atoms with Gasteiger partial charge in [-0.25, -0.2) is 4.98 Å². The Kier molecular flexibility index (Phi) is 16.3. The number of aryl methyl sites for hydroxylation is 4. The second-order valence-corrected chi connectivity index (χ2v) is 26.5. The summed E-state index contributed by atoms with van der Waals surface area (Å²) >= 11 is 0. The molecule has 0 N–H and O–H groups in total. The zero-order chi connectivity index (χ0) is 70.5. The summed E-state index contributed by atoms with van der Waals surface area (Å²) in [6.07, 6.45) is 0.929. The Morgan fingerprint density at radius 3 is 0.981 bits per heavy atom. The number of Topliss-reactive ketones (excluding diaryl/α,β-unsaturated/α-hetero) is 1. The van der Waals surface area contributed by atoms with Crippen molar-refractivity contribution in [1.82, 2.24) is 4.98 Å². The van der Waals surface area contributed by atoms with Crippen LogP contribution in [-0.4, -0.2) is 17.1 Å². The normalized spacial score (nSPS) is 12.9. The molecule has 1 aromatic heterocycles. The molecule has 0 bridgehead atoms. The van der Waals surface area contributed by atoms with Gasteiger partial charge in [-0.2, -0.15) is 15.8 Å². The van der Waals surface area contributed by atoms with Crippen LogP contribution in [0.4, 0.5) is 34.1 Å². The third-order valence-corrected chi connectivity index (χ3v) is 20.9. The van der Waals surface area contributed by atoms with Gasteiger partial charge >= 0.3 is 0 Å². The monoisotopic (exact) mass is 1320 g/mol. The highest BCUT2D eigenvalue weighted by molar-refractivity contribution is 6.00. The van der Waals surface area contributed by atoms with Gasteiger partial charge in [0, 0.05) is 39.2 Å². The van der Waals surface area contributed by atoms with Gasteiger partial charge in [-0.05, 0) is 171 Å². The van der Waals surface area contributed by atoms with E-state index in [4.69, 9.17) is 10.2 Å². The van der Waals surface area contributed by atoms with Crippen LogP contribution >= 0.6 is 0 Å². The van der Waals surface area contributed by atoms with Crippen molar-refractivity contribution in [3.8, 4) is 74.1 Å². The first-order valence-corrected chi connectivity index (χ1v) is 34.6. The van der Waals surface area contributed by atoms with Crippen molar-refractivity contribution < 1.29 is 9.59 Å². The molecule has 18 rings (SSSR count). The van der Waals surface area contributed by atoms with Crippen LogP contribution in [0.2, 0.25) is 0 Å². The SMILES string of the molecule is Cc1cc(N2c3ccccc3C3(c4ccccc4-c4ccccc43)c3ccccc32)cc(C)c1-c1c(C#N)c(-c2ccccc2)nc(-c2ccccc2)c1C#N.Cc1cc(N2c3ccccc3C3(c4ccccc4-c4ccccc43)c3ccccc32)cc(C)c1C=O.N#CCC(=O)c1ccccc1. The molecule has 2 aliphatic heterocycles. The molecule has 0 radical (unpaired) electrons. The van der Waals surface area contributed by atoms with Crippen LogP contribution in [0.25, 0.3) is 55.9 Å². The van der Waals surface area contributed by atoms with Gasteiger partial charge in [-0.15, -0.1) is 0 Å². The maximum atomic E-state index is 11.7. The number of aromatic nitrogens is 1. The molecular weight excluding hydrogens is 1260 g/mol. The Bertz CT molecular complexity index is 5580. The van der Waals surface area contributed by atoms with E-state index < -0.39 is 10.8 Å². The van der Waals surface area contributed by atoms with Crippen molar-refractivity contribution in [3.05, 3.63) is 398 Å². The fourth-order valence-electron chi connectivity index (χ4n) is 16.9. The fourth-order valence-corrected chi connectivity index (χ4v) is 16.9. The number of hydrogen-bond donors (Lipinski definition) is 0. The van der Waals surface area contributed by atoms with E-state index in [1.165, 1.54) is 78.1 Å². The molecule has 14 aromatic rings. The average molecular weight is 1320 g/mol. The number of para-hydroxylation sites is 4. The number of rotatable bonds is 8. The first kappa shape index (κ1) is 64.1. The van der Waals surface area contributed by atoms with E-state index in [9.17, 15) is 20.1 Å². The van der Waals surface area contributed by atoms with Crippen molar-refractivity contribution in [3.63, 3.8) is 0 Å². The third-order valence-electron chi connectivity index (χ3n) is 20.9. The molecule has 0 saturated carbocycles. The summed E-state index contributed by atoms with van der Waals surface area (Å²) in [7, 11) is 0. The maximum absolute atomic E-state index is 11.7. The molecule has 13 aromatic carbocycles. The average Bonchev–Trinajstić information content (AvgIpc) is 1.58. The highest BCUT2D eigenvalue weighted by Crippen LogP contribution is 2.65. The second kappa shape index (κ2) is 26.3.